The van der Waals surface area contributed by atoms with Gasteiger partial charge in [0.15, 0.2) is 0 Å². The Balaban J connectivity index is 1.64. The van der Waals surface area contributed by atoms with Crippen molar-refractivity contribution in [2.24, 2.45) is 11.8 Å². The van der Waals surface area contributed by atoms with Crippen LogP contribution in [-0.2, 0) is 19.1 Å². The number of carbonyl (C=O) groups excluding carboxylic acids is 3. The number of ether oxygens (including phenoxy) is 1. The highest BCUT2D eigenvalue weighted by Gasteiger charge is 2.77. The molecule has 1 spiro atoms. The van der Waals surface area contributed by atoms with Gasteiger partial charge in [-0.1, -0.05) is 71.4 Å². The molecule has 0 aliphatic carbocycles. The van der Waals surface area contributed by atoms with Crippen molar-refractivity contribution >= 4 is 45.0 Å². The summed E-state index contributed by atoms with van der Waals surface area (Å²) in [5.74, 6) is -2.59. The van der Waals surface area contributed by atoms with E-state index in [1.54, 1.807) is 22.0 Å². The lowest BCUT2D eigenvalue weighted by Gasteiger charge is -2.39. The Morgan fingerprint density at radius 1 is 1.07 bits per heavy atom. The molecule has 2 aromatic rings. The van der Waals surface area contributed by atoms with Gasteiger partial charge < -0.3 is 24.5 Å². The number of hydrogen-bond acceptors (Lipinski definition) is 5. The quantitative estimate of drug-likeness (QED) is 0.285. The molecule has 9 heteroatoms. The average molecular weight is 651 g/mol. The molecule has 7 atom stereocenters. The zero-order valence-electron chi connectivity index (χ0n) is 25.0. The molecule has 0 aromatic heterocycles. The van der Waals surface area contributed by atoms with Crippen molar-refractivity contribution in [3.8, 4) is 0 Å². The second-order valence-electron chi connectivity index (χ2n) is 11.7. The van der Waals surface area contributed by atoms with Crippen molar-refractivity contribution < 1.29 is 24.2 Å². The smallest absolute Gasteiger partial charge is 0.253 e. The predicted octanol–water partition coefficient (Wildman–Crippen LogP) is 4.56. The fourth-order valence-corrected chi connectivity index (χ4v) is 8.42. The fourth-order valence-electron chi connectivity index (χ4n) is 7.48. The second-order valence-corrected chi connectivity index (χ2v) is 12.9. The Bertz CT molecular complexity index is 1390. The standard InChI is InChI=1S/C34H40BrN3O5/c1-6-17-36(24-15-10-9-11-16-24)31(40)26-27-32(41)38(23(8-3)20-39)30(34(27)19-25(35)29(26)43-34)33(42)37(18-7-2)28-21(4)13-12-14-22(28)5/h6-7,9-16,23,25-27,29-30,39H,1-2,8,17-20H2,3-5H3/t23-,25?,26+,27-,29+,30?,34?/m0/s1. The molecule has 5 rings (SSSR count). The lowest BCUT2D eigenvalue weighted by atomic mass is 9.70. The van der Waals surface area contributed by atoms with Gasteiger partial charge in [-0.3, -0.25) is 14.4 Å². The topological polar surface area (TPSA) is 90.4 Å². The minimum Gasteiger partial charge on any atom is -0.394 e. The summed E-state index contributed by atoms with van der Waals surface area (Å²) in [7, 11) is 0. The van der Waals surface area contributed by atoms with Crippen LogP contribution < -0.4 is 9.80 Å². The first-order valence-electron chi connectivity index (χ1n) is 14.9. The zero-order valence-corrected chi connectivity index (χ0v) is 26.6. The van der Waals surface area contributed by atoms with Gasteiger partial charge in [0.2, 0.25) is 11.8 Å². The number of carbonyl (C=O) groups is 3. The number of amides is 3. The Morgan fingerprint density at radius 2 is 1.70 bits per heavy atom. The van der Waals surface area contributed by atoms with Gasteiger partial charge in [-0.2, -0.15) is 0 Å². The lowest BCUT2D eigenvalue weighted by Crippen LogP contribution is -2.59. The Kier molecular flexibility index (Phi) is 8.97. The number of benzene rings is 2. The summed E-state index contributed by atoms with van der Waals surface area (Å²) in [5, 5.41) is 10.4. The number of likely N-dealkylation sites (tertiary alicyclic amines) is 1. The molecular formula is C34H40BrN3O5. The van der Waals surface area contributed by atoms with Gasteiger partial charge in [0.1, 0.15) is 11.6 Å². The molecule has 0 saturated carbocycles. The number of anilines is 2. The van der Waals surface area contributed by atoms with Gasteiger partial charge in [-0.15, -0.1) is 13.2 Å². The van der Waals surface area contributed by atoms with Crippen molar-refractivity contribution in [3.63, 3.8) is 0 Å². The van der Waals surface area contributed by atoms with Crippen LogP contribution in [0.2, 0.25) is 0 Å². The van der Waals surface area contributed by atoms with Crippen LogP contribution >= 0.6 is 15.9 Å². The third-order valence-corrected chi connectivity index (χ3v) is 10.1. The summed E-state index contributed by atoms with van der Waals surface area (Å²) in [5.41, 5.74) is 2.04. The number of aliphatic hydroxyl groups excluding tert-OH is 1. The molecule has 3 fully saturated rings. The lowest BCUT2D eigenvalue weighted by molar-refractivity contribution is -0.144. The molecule has 3 aliphatic rings. The molecule has 8 nitrogen and oxygen atoms in total. The van der Waals surface area contributed by atoms with Crippen molar-refractivity contribution in [1.82, 2.24) is 4.90 Å². The van der Waals surface area contributed by atoms with Crippen LogP contribution in [0.1, 0.15) is 30.9 Å². The summed E-state index contributed by atoms with van der Waals surface area (Å²) in [4.78, 5) is 48.5. The summed E-state index contributed by atoms with van der Waals surface area (Å²) in [6, 6.07) is 13.5. The summed E-state index contributed by atoms with van der Waals surface area (Å²) < 4.78 is 6.75. The van der Waals surface area contributed by atoms with Gasteiger partial charge in [0.05, 0.1) is 30.6 Å². The predicted molar refractivity (Wildman–Crippen MR) is 171 cm³/mol. The summed E-state index contributed by atoms with van der Waals surface area (Å²) in [6.07, 6.45) is 3.55. The Labute approximate surface area is 262 Å². The third-order valence-electron chi connectivity index (χ3n) is 9.25. The van der Waals surface area contributed by atoms with Crippen molar-refractivity contribution in [3.05, 3.63) is 85.0 Å². The van der Waals surface area contributed by atoms with E-state index in [0.29, 0.717) is 18.5 Å². The second kappa shape index (κ2) is 12.4. The van der Waals surface area contributed by atoms with E-state index in [-0.39, 0.29) is 42.2 Å². The van der Waals surface area contributed by atoms with E-state index in [1.165, 1.54) is 4.90 Å². The molecule has 2 bridgehead atoms. The highest BCUT2D eigenvalue weighted by atomic mass is 79.9. The van der Waals surface area contributed by atoms with E-state index in [0.717, 1.165) is 16.8 Å². The van der Waals surface area contributed by atoms with Gasteiger partial charge in [0.25, 0.3) is 5.91 Å². The maximum atomic E-state index is 14.9. The minimum absolute atomic E-state index is 0.227. The van der Waals surface area contributed by atoms with Crippen LogP contribution in [0.4, 0.5) is 11.4 Å². The van der Waals surface area contributed by atoms with Crippen LogP contribution in [0.15, 0.2) is 73.8 Å². The highest BCUT2D eigenvalue weighted by molar-refractivity contribution is 9.09. The number of halogens is 1. The molecule has 3 saturated heterocycles. The van der Waals surface area contributed by atoms with E-state index in [4.69, 9.17) is 4.74 Å². The molecule has 43 heavy (non-hydrogen) atoms. The number of alkyl halides is 1. The number of aryl methyl sites for hydroxylation is 2. The van der Waals surface area contributed by atoms with Crippen LogP contribution in [0.5, 0.6) is 0 Å². The maximum absolute atomic E-state index is 14.9. The summed E-state index contributed by atoms with van der Waals surface area (Å²) in [6.45, 7) is 13.7. The normalized spacial score (nSPS) is 28.0. The number of hydrogen-bond donors (Lipinski definition) is 1. The molecule has 1 N–H and O–H groups in total. The highest BCUT2D eigenvalue weighted by Crippen LogP contribution is 2.61. The largest absolute Gasteiger partial charge is 0.394 e. The first kappa shape index (κ1) is 31.2. The maximum Gasteiger partial charge on any atom is 0.253 e. The molecule has 228 valence electrons. The van der Waals surface area contributed by atoms with Gasteiger partial charge in [-0.25, -0.2) is 0 Å². The van der Waals surface area contributed by atoms with E-state index >= 15 is 0 Å². The van der Waals surface area contributed by atoms with Gasteiger partial charge in [0, 0.05) is 29.3 Å². The molecular weight excluding hydrogens is 610 g/mol. The average Bonchev–Trinajstić information content (AvgIpc) is 3.59. The van der Waals surface area contributed by atoms with Crippen LogP contribution in [0.3, 0.4) is 0 Å². The van der Waals surface area contributed by atoms with Crippen molar-refractivity contribution in [1.29, 1.82) is 0 Å². The number of rotatable bonds is 11. The third kappa shape index (κ3) is 4.95. The summed E-state index contributed by atoms with van der Waals surface area (Å²) >= 11 is 3.77. The first-order chi connectivity index (χ1) is 20.7. The Hall–Kier alpha value is -3.27. The SMILES string of the molecule is C=CCN(C(=O)[C@H]1[C@@H]2OC3(CC2Br)C(C(=O)N(CC=C)c2c(C)cccc2C)N([C@@H](CC)CO)C(=O)[C@H]13)c1ccccc1. The number of nitrogens with zero attached hydrogens (tertiary/aromatic N) is 3. The van der Waals surface area contributed by atoms with Crippen molar-refractivity contribution in [2.75, 3.05) is 29.5 Å². The number of para-hydroxylation sites is 2. The zero-order chi connectivity index (χ0) is 31.1. The number of fused-ring (bicyclic) bond motifs is 1. The molecule has 2 aromatic carbocycles. The van der Waals surface area contributed by atoms with E-state index < -0.39 is 35.6 Å². The van der Waals surface area contributed by atoms with E-state index in [9.17, 15) is 19.5 Å². The monoisotopic (exact) mass is 649 g/mol. The van der Waals surface area contributed by atoms with Crippen LogP contribution in [0.25, 0.3) is 0 Å². The molecule has 3 amide bonds. The molecule has 3 heterocycles. The Morgan fingerprint density at radius 3 is 2.28 bits per heavy atom. The van der Waals surface area contributed by atoms with E-state index in [1.807, 2.05) is 69.3 Å². The van der Waals surface area contributed by atoms with Crippen LogP contribution in [-0.4, -0.2) is 76.0 Å². The van der Waals surface area contributed by atoms with Crippen molar-refractivity contribution in [2.45, 2.75) is 62.2 Å². The van der Waals surface area contributed by atoms with E-state index in [2.05, 4.69) is 29.1 Å². The number of aliphatic hydroxyl groups is 1. The molecule has 3 aliphatic heterocycles. The molecule has 0 radical (unpaired) electrons. The first-order valence-corrected chi connectivity index (χ1v) is 15.8. The van der Waals surface area contributed by atoms with Gasteiger partial charge in [-0.05, 0) is 49.9 Å². The minimum atomic E-state index is -1.25. The fraction of sp³-hybridized carbons (Fsp3) is 0.441. The molecule has 3 unspecified atom stereocenters. The van der Waals surface area contributed by atoms with Gasteiger partial charge >= 0.3 is 0 Å². The van der Waals surface area contributed by atoms with Crippen LogP contribution in [0, 0.1) is 25.7 Å².